The molecule has 1 aromatic heterocycles. The van der Waals surface area contributed by atoms with Gasteiger partial charge in [0.05, 0.1) is 15.2 Å². The monoisotopic (exact) mass is 468 g/mol. The second kappa shape index (κ2) is 8.85. The van der Waals surface area contributed by atoms with E-state index >= 15 is 0 Å². The summed E-state index contributed by atoms with van der Waals surface area (Å²) in [6.45, 7) is 2.71. The van der Waals surface area contributed by atoms with Crippen LogP contribution in [0.4, 0.5) is 4.79 Å². The molecule has 2 saturated heterocycles. The number of amides is 5. The standard InChI is InChI=1S/C24H28N4O4S/c1-15-7-2-4-10-18(15)28-23(31)22(30)27(24(28)32)14-20(29)26-12-6-8-16(13-26)21-25-17-9-3-5-11-19(17)33-21/h3,5,9,11,15-16,18H,2,4,6-8,10,12-14H2,1H3. The summed E-state index contributed by atoms with van der Waals surface area (Å²) in [6.07, 6.45) is 5.41. The third-order valence-corrected chi connectivity index (χ3v) is 8.41. The van der Waals surface area contributed by atoms with Crippen molar-refractivity contribution < 1.29 is 19.2 Å². The van der Waals surface area contributed by atoms with Crippen LogP contribution in [0, 0.1) is 5.92 Å². The highest BCUT2D eigenvalue weighted by Gasteiger charge is 2.50. The number of carbonyl (C=O) groups is 4. The molecule has 1 aromatic carbocycles. The van der Waals surface area contributed by atoms with Crippen molar-refractivity contribution in [2.75, 3.05) is 19.6 Å². The van der Waals surface area contributed by atoms with Crippen LogP contribution in [0.1, 0.15) is 56.4 Å². The quantitative estimate of drug-likeness (QED) is 0.507. The van der Waals surface area contributed by atoms with Gasteiger partial charge in [0.15, 0.2) is 0 Å². The number of hydrogen-bond acceptors (Lipinski definition) is 6. The van der Waals surface area contributed by atoms with Crippen LogP contribution in [-0.2, 0) is 14.4 Å². The molecular formula is C24H28N4O4S. The molecule has 0 N–H and O–H groups in total. The number of nitrogens with zero attached hydrogens (tertiary/aromatic N) is 4. The van der Waals surface area contributed by atoms with Crippen LogP contribution >= 0.6 is 11.3 Å². The summed E-state index contributed by atoms with van der Waals surface area (Å²) in [6, 6.07) is 7.08. The molecule has 1 saturated carbocycles. The maximum Gasteiger partial charge on any atom is 0.334 e. The number of carbonyl (C=O) groups excluding carboxylic acids is 4. The van der Waals surface area contributed by atoms with Gasteiger partial charge in [-0.25, -0.2) is 14.7 Å². The molecule has 3 aliphatic rings. The normalized spacial score (nSPS) is 26.5. The Bertz CT molecular complexity index is 1080. The van der Waals surface area contributed by atoms with Gasteiger partial charge in [0.25, 0.3) is 0 Å². The summed E-state index contributed by atoms with van der Waals surface area (Å²) >= 11 is 1.65. The fourth-order valence-electron chi connectivity index (χ4n) is 5.34. The Labute approximate surface area is 196 Å². The van der Waals surface area contributed by atoms with E-state index in [-0.39, 0.29) is 30.3 Å². The van der Waals surface area contributed by atoms with Crippen LogP contribution in [-0.4, -0.2) is 69.1 Å². The first-order chi connectivity index (χ1) is 15.9. The van der Waals surface area contributed by atoms with Gasteiger partial charge in [0.1, 0.15) is 6.54 Å². The lowest BCUT2D eigenvalue weighted by atomic mass is 9.85. The molecular weight excluding hydrogens is 440 g/mol. The first-order valence-corrected chi connectivity index (χ1v) is 12.6. The minimum absolute atomic E-state index is 0.131. The number of rotatable bonds is 4. The summed E-state index contributed by atoms with van der Waals surface area (Å²) in [5, 5.41) is 1.01. The molecule has 8 nitrogen and oxygen atoms in total. The predicted molar refractivity (Wildman–Crippen MR) is 124 cm³/mol. The highest BCUT2D eigenvalue weighted by atomic mass is 32.1. The van der Waals surface area contributed by atoms with Gasteiger partial charge in [-0.3, -0.25) is 19.3 Å². The Morgan fingerprint density at radius 2 is 1.85 bits per heavy atom. The lowest BCUT2D eigenvalue weighted by Gasteiger charge is -2.34. The van der Waals surface area contributed by atoms with Crippen molar-refractivity contribution in [3.8, 4) is 0 Å². The zero-order valence-electron chi connectivity index (χ0n) is 18.7. The largest absolute Gasteiger partial charge is 0.340 e. The number of para-hydroxylation sites is 1. The van der Waals surface area contributed by atoms with Crippen molar-refractivity contribution >= 4 is 45.3 Å². The predicted octanol–water partition coefficient (Wildman–Crippen LogP) is 3.37. The van der Waals surface area contributed by atoms with Crippen LogP contribution in [0.2, 0.25) is 0 Å². The maximum absolute atomic E-state index is 13.1. The minimum Gasteiger partial charge on any atom is -0.340 e. The minimum atomic E-state index is -0.883. The SMILES string of the molecule is CC1CCCCC1N1C(=O)C(=O)N(CC(=O)N2CCCC(c3nc4ccccc4s3)C2)C1=O. The fourth-order valence-corrected chi connectivity index (χ4v) is 6.43. The van der Waals surface area contributed by atoms with E-state index in [1.54, 1.807) is 16.2 Å². The van der Waals surface area contributed by atoms with Gasteiger partial charge in [-0.1, -0.05) is 31.9 Å². The number of piperidine rings is 1. The lowest BCUT2D eigenvalue weighted by molar-refractivity contribution is -0.146. The molecule has 0 radical (unpaired) electrons. The van der Waals surface area contributed by atoms with Gasteiger partial charge in [0, 0.05) is 25.0 Å². The van der Waals surface area contributed by atoms with Crippen LogP contribution in [0.25, 0.3) is 10.2 Å². The summed E-state index contributed by atoms with van der Waals surface area (Å²) in [5.41, 5.74) is 0.963. The Morgan fingerprint density at radius 3 is 2.64 bits per heavy atom. The Balaban J connectivity index is 1.27. The number of hydrogen-bond donors (Lipinski definition) is 0. The molecule has 9 heteroatoms. The van der Waals surface area contributed by atoms with Gasteiger partial charge in [-0.2, -0.15) is 0 Å². The fraction of sp³-hybridized carbons (Fsp3) is 0.542. The van der Waals surface area contributed by atoms with Crippen LogP contribution in [0.5, 0.6) is 0 Å². The van der Waals surface area contributed by atoms with Gasteiger partial charge in [-0.15, -0.1) is 11.3 Å². The average Bonchev–Trinajstić information content (AvgIpc) is 3.35. The maximum atomic E-state index is 13.1. The van der Waals surface area contributed by atoms with Crippen molar-refractivity contribution in [3.63, 3.8) is 0 Å². The smallest absolute Gasteiger partial charge is 0.334 e. The van der Waals surface area contributed by atoms with Crippen molar-refractivity contribution in [2.24, 2.45) is 5.92 Å². The Kier molecular flexibility index (Phi) is 5.90. The second-order valence-corrected chi connectivity index (χ2v) is 10.4. The number of imide groups is 2. The van der Waals surface area contributed by atoms with E-state index in [9.17, 15) is 19.2 Å². The summed E-state index contributed by atoms with van der Waals surface area (Å²) in [7, 11) is 0. The van der Waals surface area contributed by atoms with Crippen LogP contribution in [0.15, 0.2) is 24.3 Å². The van der Waals surface area contributed by atoms with Crippen molar-refractivity contribution in [1.29, 1.82) is 0 Å². The van der Waals surface area contributed by atoms with E-state index in [1.165, 1.54) is 0 Å². The molecule has 2 aliphatic heterocycles. The lowest BCUT2D eigenvalue weighted by Crippen LogP contribution is -2.48. The van der Waals surface area contributed by atoms with E-state index in [0.29, 0.717) is 19.5 Å². The number of likely N-dealkylation sites (tertiary alicyclic amines) is 1. The third-order valence-electron chi connectivity index (χ3n) is 7.21. The second-order valence-electron chi connectivity index (χ2n) is 9.38. The first kappa shape index (κ1) is 22.0. The molecule has 2 aromatic rings. The molecule has 0 bridgehead atoms. The molecule has 5 rings (SSSR count). The van der Waals surface area contributed by atoms with Gasteiger partial charge in [0.2, 0.25) is 5.91 Å². The zero-order chi connectivity index (χ0) is 23.1. The number of fused-ring (bicyclic) bond motifs is 1. The Hall–Kier alpha value is -2.81. The average molecular weight is 469 g/mol. The van der Waals surface area contributed by atoms with Gasteiger partial charge < -0.3 is 4.90 Å². The number of thiazole rings is 1. The van der Waals surface area contributed by atoms with Crippen LogP contribution in [0.3, 0.4) is 0 Å². The Morgan fingerprint density at radius 1 is 1.06 bits per heavy atom. The number of aromatic nitrogens is 1. The number of urea groups is 1. The summed E-state index contributed by atoms with van der Waals surface area (Å²) in [4.78, 5) is 59.7. The molecule has 3 fully saturated rings. The molecule has 0 spiro atoms. The topological polar surface area (TPSA) is 90.9 Å². The van der Waals surface area contributed by atoms with Gasteiger partial charge >= 0.3 is 17.8 Å². The molecule has 3 atom stereocenters. The van der Waals surface area contributed by atoms with Crippen molar-refractivity contribution in [2.45, 2.75) is 57.4 Å². The molecule has 3 unspecified atom stereocenters. The van der Waals surface area contributed by atoms with E-state index in [0.717, 1.165) is 57.1 Å². The molecule has 174 valence electrons. The summed E-state index contributed by atoms with van der Waals surface area (Å²) < 4.78 is 1.12. The van der Waals surface area contributed by atoms with E-state index in [4.69, 9.17) is 4.98 Å². The molecule has 3 heterocycles. The van der Waals surface area contributed by atoms with Crippen LogP contribution < -0.4 is 0 Å². The zero-order valence-corrected chi connectivity index (χ0v) is 19.6. The molecule has 5 amide bonds. The first-order valence-electron chi connectivity index (χ1n) is 11.8. The van der Waals surface area contributed by atoms with Crippen molar-refractivity contribution in [1.82, 2.24) is 19.7 Å². The van der Waals surface area contributed by atoms with Gasteiger partial charge in [-0.05, 0) is 43.7 Å². The number of benzene rings is 1. The van der Waals surface area contributed by atoms with E-state index < -0.39 is 17.8 Å². The molecule has 1 aliphatic carbocycles. The third kappa shape index (κ3) is 4.03. The highest BCUT2D eigenvalue weighted by Crippen LogP contribution is 2.34. The van der Waals surface area contributed by atoms with E-state index in [1.807, 2.05) is 31.2 Å². The van der Waals surface area contributed by atoms with E-state index in [2.05, 4.69) is 0 Å². The van der Waals surface area contributed by atoms with Crippen molar-refractivity contribution in [3.05, 3.63) is 29.3 Å². The molecule has 33 heavy (non-hydrogen) atoms. The highest BCUT2D eigenvalue weighted by molar-refractivity contribution is 7.18. The summed E-state index contributed by atoms with van der Waals surface area (Å²) in [5.74, 6) is -1.68.